The van der Waals surface area contributed by atoms with Crippen molar-refractivity contribution in [2.75, 3.05) is 11.9 Å². The molecule has 0 saturated heterocycles. The fourth-order valence-electron chi connectivity index (χ4n) is 2.18. The molecule has 0 radical (unpaired) electrons. The fourth-order valence-corrected chi connectivity index (χ4v) is 2.18. The lowest BCUT2D eigenvalue weighted by Gasteiger charge is -2.12. The monoisotopic (exact) mass is 221 g/mol. The number of nitrogens with zero attached hydrogens (tertiary/aromatic N) is 1. The van der Waals surface area contributed by atoms with Crippen molar-refractivity contribution in [1.82, 2.24) is 9.97 Å². The minimum Gasteiger partial charge on any atom is -0.370 e. The molecule has 0 bridgehead atoms. The summed E-state index contributed by atoms with van der Waals surface area (Å²) in [5, 5.41) is 3.25. The highest BCUT2D eigenvalue weighted by atomic mass is 16.1. The Bertz CT molecular complexity index is 423. The van der Waals surface area contributed by atoms with Gasteiger partial charge in [0.15, 0.2) is 0 Å². The maximum absolute atomic E-state index is 11.4. The molecule has 16 heavy (non-hydrogen) atoms. The summed E-state index contributed by atoms with van der Waals surface area (Å²) in [6.07, 6.45) is 4.25. The van der Waals surface area contributed by atoms with E-state index in [1.807, 2.05) is 0 Å². The Labute approximate surface area is 95.5 Å². The van der Waals surface area contributed by atoms with Gasteiger partial charge >= 0.3 is 5.69 Å². The molecule has 0 spiro atoms. The van der Waals surface area contributed by atoms with Gasteiger partial charge in [-0.25, -0.2) is 4.79 Å². The zero-order chi connectivity index (χ0) is 11.5. The fraction of sp³-hybridized carbons (Fsp3) is 0.667. The molecular formula is C12H19N3O. The highest BCUT2D eigenvalue weighted by molar-refractivity contribution is 5.46. The van der Waals surface area contributed by atoms with Gasteiger partial charge in [0.05, 0.1) is 0 Å². The minimum atomic E-state index is -0.233. The van der Waals surface area contributed by atoms with Crippen LogP contribution >= 0.6 is 0 Å². The van der Waals surface area contributed by atoms with E-state index in [0.717, 1.165) is 37.3 Å². The summed E-state index contributed by atoms with van der Waals surface area (Å²) >= 11 is 0. The van der Waals surface area contributed by atoms with E-state index in [9.17, 15) is 4.79 Å². The van der Waals surface area contributed by atoms with Crippen LogP contribution < -0.4 is 11.0 Å². The van der Waals surface area contributed by atoms with Crippen molar-refractivity contribution in [2.45, 2.75) is 39.5 Å². The van der Waals surface area contributed by atoms with Gasteiger partial charge in [-0.1, -0.05) is 13.8 Å². The first-order valence-electron chi connectivity index (χ1n) is 6.02. The maximum atomic E-state index is 11.4. The molecule has 1 aromatic rings. The first-order chi connectivity index (χ1) is 7.66. The van der Waals surface area contributed by atoms with E-state index in [4.69, 9.17) is 0 Å². The summed E-state index contributed by atoms with van der Waals surface area (Å²) in [5.74, 6) is 1.35. The van der Waals surface area contributed by atoms with Gasteiger partial charge in [0.2, 0.25) is 0 Å². The van der Waals surface area contributed by atoms with E-state index in [1.165, 1.54) is 12.0 Å². The Balaban J connectivity index is 2.42. The molecule has 1 aliphatic heterocycles. The van der Waals surface area contributed by atoms with Crippen molar-refractivity contribution in [3.63, 3.8) is 0 Å². The molecule has 0 saturated carbocycles. The Morgan fingerprint density at radius 3 is 2.94 bits per heavy atom. The number of hydrogen-bond donors (Lipinski definition) is 2. The van der Waals surface area contributed by atoms with Gasteiger partial charge in [-0.15, -0.1) is 0 Å². The van der Waals surface area contributed by atoms with Crippen molar-refractivity contribution in [2.24, 2.45) is 5.92 Å². The van der Waals surface area contributed by atoms with Gasteiger partial charge in [0, 0.05) is 17.8 Å². The second kappa shape index (κ2) is 4.68. The molecule has 88 valence electrons. The SMILES string of the molecule is CC(C)Cc1[nH]c(=O)nc2c1CCCCN2. The van der Waals surface area contributed by atoms with Gasteiger partial charge in [0.1, 0.15) is 5.82 Å². The number of rotatable bonds is 2. The molecular weight excluding hydrogens is 202 g/mol. The molecule has 2 heterocycles. The quantitative estimate of drug-likeness (QED) is 0.799. The van der Waals surface area contributed by atoms with Crippen LogP contribution in [0.5, 0.6) is 0 Å². The second-order valence-electron chi connectivity index (χ2n) is 4.83. The average Bonchev–Trinajstić information content (AvgIpc) is 2.41. The maximum Gasteiger partial charge on any atom is 0.347 e. The van der Waals surface area contributed by atoms with E-state index in [-0.39, 0.29) is 5.69 Å². The first-order valence-corrected chi connectivity index (χ1v) is 6.02. The van der Waals surface area contributed by atoms with Crippen LogP contribution in [0.4, 0.5) is 5.82 Å². The van der Waals surface area contributed by atoms with E-state index in [0.29, 0.717) is 5.92 Å². The second-order valence-corrected chi connectivity index (χ2v) is 4.83. The van der Waals surface area contributed by atoms with Crippen LogP contribution in [-0.2, 0) is 12.8 Å². The van der Waals surface area contributed by atoms with Crippen molar-refractivity contribution in [3.05, 3.63) is 21.7 Å². The summed E-state index contributed by atoms with van der Waals surface area (Å²) < 4.78 is 0. The molecule has 0 aromatic carbocycles. The van der Waals surface area contributed by atoms with Crippen molar-refractivity contribution in [3.8, 4) is 0 Å². The number of aromatic amines is 1. The van der Waals surface area contributed by atoms with Crippen LogP contribution in [0.1, 0.15) is 37.9 Å². The van der Waals surface area contributed by atoms with Gasteiger partial charge in [-0.3, -0.25) is 0 Å². The molecule has 4 nitrogen and oxygen atoms in total. The largest absolute Gasteiger partial charge is 0.370 e. The lowest BCUT2D eigenvalue weighted by molar-refractivity contribution is 0.624. The number of H-pyrrole nitrogens is 1. The topological polar surface area (TPSA) is 57.8 Å². The van der Waals surface area contributed by atoms with Crippen LogP contribution in [0.25, 0.3) is 0 Å². The molecule has 0 unspecified atom stereocenters. The lowest BCUT2D eigenvalue weighted by Crippen LogP contribution is -2.19. The summed E-state index contributed by atoms with van der Waals surface area (Å²) in [5.41, 5.74) is 2.05. The van der Waals surface area contributed by atoms with Crippen LogP contribution in [0.15, 0.2) is 4.79 Å². The number of nitrogens with one attached hydrogen (secondary N) is 2. The number of hydrogen-bond acceptors (Lipinski definition) is 3. The zero-order valence-corrected chi connectivity index (χ0v) is 9.97. The Morgan fingerprint density at radius 2 is 2.19 bits per heavy atom. The Kier molecular flexibility index (Phi) is 3.27. The van der Waals surface area contributed by atoms with Crippen LogP contribution in [0.2, 0.25) is 0 Å². The molecule has 1 aromatic heterocycles. The highest BCUT2D eigenvalue weighted by Gasteiger charge is 2.15. The normalized spacial score (nSPS) is 15.4. The standard InChI is InChI=1S/C12H19N3O/c1-8(2)7-10-9-5-3-4-6-13-11(9)15-12(16)14-10/h8H,3-7H2,1-2H3,(H2,13,14,15,16). The van der Waals surface area contributed by atoms with E-state index in [1.54, 1.807) is 0 Å². The lowest BCUT2D eigenvalue weighted by atomic mass is 10.0. The summed E-state index contributed by atoms with van der Waals surface area (Å²) in [4.78, 5) is 18.4. The Hall–Kier alpha value is -1.32. The molecule has 4 heteroatoms. The van der Waals surface area contributed by atoms with Crippen molar-refractivity contribution < 1.29 is 0 Å². The predicted molar refractivity (Wildman–Crippen MR) is 64.8 cm³/mol. The van der Waals surface area contributed by atoms with E-state index in [2.05, 4.69) is 29.1 Å². The summed E-state index contributed by atoms with van der Waals surface area (Å²) in [6.45, 7) is 5.25. The van der Waals surface area contributed by atoms with Crippen LogP contribution in [-0.4, -0.2) is 16.5 Å². The average molecular weight is 221 g/mol. The van der Waals surface area contributed by atoms with Gasteiger partial charge in [-0.05, 0) is 31.6 Å². The third-order valence-electron chi connectivity index (χ3n) is 2.88. The van der Waals surface area contributed by atoms with Crippen LogP contribution in [0.3, 0.4) is 0 Å². The van der Waals surface area contributed by atoms with Gasteiger partial charge in [0.25, 0.3) is 0 Å². The Morgan fingerprint density at radius 1 is 1.38 bits per heavy atom. The van der Waals surface area contributed by atoms with Gasteiger partial charge < -0.3 is 10.3 Å². The zero-order valence-electron chi connectivity index (χ0n) is 9.97. The summed E-state index contributed by atoms with van der Waals surface area (Å²) in [7, 11) is 0. The molecule has 2 rings (SSSR count). The number of aromatic nitrogens is 2. The third-order valence-corrected chi connectivity index (χ3v) is 2.88. The minimum absolute atomic E-state index is 0.233. The van der Waals surface area contributed by atoms with Crippen LogP contribution in [0, 0.1) is 5.92 Å². The smallest absolute Gasteiger partial charge is 0.347 e. The molecule has 1 aliphatic rings. The van der Waals surface area contributed by atoms with E-state index < -0.39 is 0 Å². The molecule has 0 amide bonds. The molecule has 0 aliphatic carbocycles. The van der Waals surface area contributed by atoms with E-state index >= 15 is 0 Å². The summed E-state index contributed by atoms with van der Waals surface area (Å²) in [6, 6.07) is 0. The number of fused-ring (bicyclic) bond motifs is 1. The molecule has 0 fully saturated rings. The third kappa shape index (κ3) is 2.43. The van der Waals surface area contributed by atoms with Gasteiger partial charge in [-0.2, -0.15) is 4.98 Å². The predicted octanol–water partition coefficient (Wildman–Crippen LogP) is 1.72. The highest BCUT2D eigenvalue weighted by Crippen LogP contribution is 2.21. The number of anilines is 1. The van der Waals surface area contributed by atoms with Crippen molar-refractivity contribution >= 4 is 5.82 Å². The molecule has 0 atom stereocenters. The molecule has 2 N–H and O–H groups in total. The first kappa shape index (κ1) is 11.2. The van der Waals surface area contributed by atoms with Crippen molar-refractivity contribution in [1.29, 1.82) is 0 Å².